The van der Waals surface area contributed by atoms with Crippen molar-refractivity contribution in [2.45, 2.75) is 12.3 Å². The Morgan fingerprint density at radius 2 is 2.06 bits per heavy atom. The lowest BCUT2D eigenvalue weighted by atomic mass is 9.98. The highest BCUT2D eigenvalue weighted by Gasteiger charge is 2.20. The van der Waals surface area contributed by atoms with Crippen LogP contribution in [0, 0.1) is 0 Å². The fourth-order valence-corrected chi connectivity index (χ4v) is 1.71. The van der Waals surface area contributed by atoms with E-state index in [1.54, 1.807) is 30.5 Å². The number of alkyl halides is 2. The zero-order valence-electron chi connectivity index (χ0n) is 8.61. The Morgan fingerprint density at radius 1 is 1.25 bits per heavy atom. The van der Waals surface area contributed by atoms with Crippen molar-refractivity contribution in [3.05, 3.63) is 42.1 Å². The molecule has 0 saturated heterocycles. The number of rotatable bonds is 3. The number of hydrogen-bond donors (Lipinski definition) is 1. The number of pyridine rings is 1. The molecule has 1 aromatic carbocycles. The summed E-state index contributed by atoms with van der Waals surface area (Å²) in [5.74, 6) is -0.899. The molecule has 1 unspecified atom stereocenters. The zero-order valence-corrected chi connectivity index (χ0v) is 8.61. The van der Waals surface area contributed by atoms with Crippen molar-refractivity contribution < 1.29 is 8.78 Å². The summed E-state index contributed by atoms with van der Waals surface area (Å²) < 4.78 is 25.4. The minimum Gasteiger partial charge on any atom is -0.330 e. The third-order valence-corrected chi connectivity index (χ3v) is 2.61. The molecule has 0 aliphatic carbocycles. The molecular formula is C12H12F2N2. The predicted octanol–water partition coefficient (Wildman–Crippen LogP) is 2.54. The Balaban J connectivity index is 2.45. The van der Waals surface area contributed by atoms with Crippen LogP contribution in [-0.2, 0) is 0 Å². The average Bonchev–Trinajstić information content (AvgIpc) is 2.29. The van der Waals surface area contributed by atoms with Gasteiger partial charge < -0.3 is 5.73 Å². The predicted molar refractivity (Wildman–Crippen MR) is 59.5 cm³/mol. The van der Waals surface area contributed by atoms with Gasteiger partial charge in [0.1, 0.15) is 0 Å². The lowest BCUT2D eigenvalue weighted by Crippen LogP contribution is -2.19. The number of fused-ring (bicyclic) bond motifs is 1. The van der Waals surface area contributed by atoms with Gasteiger partial charge in [-0.1, -0.05) is 12.1 Å². The number of aromatic nitrogens is 1. The molecule has 1 aromatic heterocycles. The standard InChI is InChI=1S/C12H12F2N2/c13-12(14)10(7-15)8-3-4-11-9(6-8)2-1-5-16-11/h1-6,10,12H,7,15H2. The van der Waals surface area contributed by atoms with Gasteiger partial charge in [-0.3, -0.25) is 4.98 Å². The molecular weight excluding hydrogens is 210 g/mol. The van der Waals surface area contributed by atoms with E-state index in [-0.39, 0.29) is 6.54 Å². The number of hydrogen-bond acceptors (Lipinski definition) is 2. The fourth-order valence-electron chi connectivity index (χ4n) is 1.71. The average molecular weight is 222 g/mol. The van der Waals surface area contributed by atoms with Crippen molar-refractivity contribution in [2.75, 3.05) is 6.54 Å². The summed E-state index contributed by atoms with van der Waals surface area (Å²) in [4.78, 5) is 4.13. The van der Waals surface area contributed by atoms with Crippen molar-refractivity contribution in [1.29, 1.82) is 0 Å². The zero-order chi connectivity index (χ0) is 11.5. The largest absolute Gasteiger partial charge is 0.330 e. The van der Waals surface area contributed by atoms with Gasteiger partial charge in [0, 0.05) is 18.1 Å². The summed E-state index contributed by atoms with van der Waals surface area (Å²) in [6.07, 6.45) is -0.755. The van der Waals surface area contributed by atoms with E-state index in [0.717, 1.165) is 10.9 Å². The third-order valence-electron chi connectivity index (χ3n) is 2.61. The van der Waals surface area contributed by atoms with Gasteiger partial charge in [-0.25, -0.2) is 8.78 Å². The number of halogens is 2. The molecule has 0 saturated carbocycles. The lowest BCUT2D eigenvalue weighted by molar-refractivity contribution is 0.117. The molecule has 1 heterocycles. The molecule has 2 aromatic rings. The summed E-state index contributed by atoms with van der Waals surface area (Å²) in [7, 11) is 0. The first-order valence-electron chi connectivity index (χ1n) is 5.05. The molecule has 4 heteroatoms. The van der Waals surface area contributed by atoms with Gasteiger partial charge in [-0.05, 0) is 23.8 Å². The van der Waals surface area contributed by atoms with E-state index >= 15 is 0 Å². The smallest absolute Gasteiger partial charge is 0.246 e. The maximum Gasteiger partial charge on any atom is 0.246 e. The Kier molecular flexibility index (Phi) is 3.10. The van der Waals surface area contributed by atoms with Gasteiger partial charge in [0.2, 0.25) is 6.43 Å². The topological polar surface area (TPSA) is 38.9 Å². The van der Waals surface area contributed by atoms with Crippen LogP contribution in [0.5, 0.6) is 0 Å². The van der Waals surface area contributed by atoms with Gasteiger partial charge in [0.25, 0.3) is 0 Å². The third kappa shape index (κ3) is 2.02. The lowest BCUT2D eigenvalue weighted by Gasteiger charge is -2.14. The van der Waals surface area contributed by atoms with Crippen LogP contribution in [0.25, 0.3) is 10.9 Å². The maximum absolute atomic E-state index is 12.7. The molecule has 16 heavy (non-hydrogen) atoms. The van der Waals surface area contributed by atoms with Crippen molar-refractivity contribution >= 4 is 10.9 Å². The quantitative estimate of drug-likeness (QED) is 0.866. The van der Waals surface area contributed by atoms with Gasteiger partial charge >= 0.3 is 0 Å². The first-order valence-corrected chi connectivity index (χ1v) is 5.05. The molecule has 0 spiro atoms. The molecule has 0 aliphatic heterocycles. The van der Waals surface area contributed by atoms with E-state index in [2.05, 4.69) is 4.98 Å². The van der Waals surface area contributed by atoms with Gasteiger partial charge in [0.15, 0.2) is 0 Å². The van der Waals surface area contributed by atoms with E-state index in [9.17, 15) is 8.78 Å². The van der Waals surface area contributed by atoms with Gasteiger partial charge in [-0.2, -0.15) is 0 Å². The first kappa shape index (κ1) is 11.0. The minimum absolute atomic E-state index is 0.0521. The fraction of sp³-hybridized carbons (Fsp3) is 0.250. The van der Waals surface area contributed by atoms with Crippen LogP contribution >= 0.6 is 0 Å². The molecule has 0 amide bonds. The molecule has 2 N–H and O–H groups in total. The summed E-state index contributed by atoms with van der Waals surface area (Å²) in [5.41, 5.74) is 6.72. The summed E-state index contributed by atoms with van der Waals surface area (Å²) >= 11 is 0. The van der Waals surface area contributed by atoms with Crippen LogP contribution in [0.2, 0.25) is 0 Å². The Bertz CT molecular complexity index is 485. The maximum atomic E-state index is 12.7. The molecule has 84 valence electrons. The van der Waals surface area contributed by atoms with Crippen molar-refractivity contribution in [2.24, 2.45) is 5.73 Å². The Hall–Kier alpha value is -1.55. The van der Waals surface area contributed by atoms with Gasteiger partial charge in [0.05, 0.1) is 11.4 Å². The molecule has 0 radical (unpaired) electrons. The van der Waals surface area contributed by atoms with Crippen LogP contribution in [-0.4, -0.2) is 18.0 Å². The second-order valence-corrected chi connectivity index (χ2v) is 3.63. The highest BCUT2D eigenvalue weighted by atomic mass is 19.3. The SMILES string of the molecule is NCC(c1ccc2ncccc2c1)C(F)F. The number of nitrogens with two attached hydrogens (primary N) is 1. The van der Waals surface area contributed by atoms with Crippen LogP contribution < -0.4 is 5.73 Å². The van der Waals surface area contributed by atoms with E-state index in [4.69, 9.17) is 5.73 Å². The van der Waals surface area contributed by atoms with Crippen LogP contribution in [0.15, 0.2) is 36.5 Å². The normalized spacial score (nSPS) is 13.2. The molecule has 0 aliphatic rings. The molecule has 1 atom stereocenters. The molecule has 0 fully saturated rings. The minimum atomic E-state index is -2.43. The first-order chi connectivity index (χ1) is 7.72. The van der Waals surface area contributed by atoms with Crippen LogP contribution in [0.1, 0.15) is 11.5 Å². The molecule has 0 bridgehead atoms. The van der Waals surface area contributed by atoms with Crippen molar-refractivity contribution in [1.82, 2.24) is 4.98 Å². The van der Waals surface area contributed by atoms with E-state index in [1.165, 1.54) is 0 Å². The highest BCUT2D eigenvalue weighted by Crippen LogP contribution is 2.24. The number of benzene rings is 1. The monoisotopic (exact) mass is 222 g/mol. The summed E-state index contributed by atoms with van der Waals surface area (Å²) in [6.45, 7) is -0.0521. The summed E-state index contributed by atoms with van der Waals surface area (Å²) in [5, 5.41) is 0.860. The van der Waals surface area contributed by atoms with Crippen molar-refractivity contribution in [3.8, 4) is 0 Å². The van der Waals surface area contributed by atoms with Crippen LogP contribution in [0.4, 0.5) is 8.78 Å². The highest BCUT2D eigenvalue weighted by molar-refractivity contribution is 5.79. The van der Waals surface area contributed by atoms with E-state index in [0.29, 0.717) is 5.56 Å². The second-order valence-electron chi connectivity index (χ2n) is 3.63. The number of nitrogens with zero attached hydrogens (tertiary/aromatic N) is 1. The molecule has 2 rings (SSSR count). The van der Waals surface area contributed by atoms with Gasteiger partial charge in [-0.15, -0.1) is 0 Å². The van der Waals surface area contributed by atoms with Crippen LogP contribution in [0.3, 0.4) is 0 Å². The van der Waals surface area contributed by atoms with E-state index in [1.807, 2.05) is 6.07 Å². The Labute approximate surface area is 92.1 Å². The van der Waals surface area contributed by atoms with E-state index < -0.39 is 12.3 Å². The van der Waals surface area contributed by atoms with Crippen molar-refractivity contribution in [3.63, 3.8) is 0 Å². The molecule has 2 nitrogen and oxygen atoms in total. The second kappa shape index (κ2) is 4.53. The Morgan fingerprint density at radius 3 is 2.75 bits per heavy atom. The summed E-state index contributed by atoms with van der Waals surface area (Å²) in [6, 6.07) is 8.78.